The summed E-state index contributed by atoms with van der Waals surface area (Å²) in [6.07, 6.45) is 6.83. The Bertz CT molecular complexity index is 407. The van der Waals surface area contributed by atoms with E-state index in [0.29, 0.717) is 6.54 Å². The lowest BCUT2D eigenvalue weighted by molar-refractivity contribution is 0.516. The topological polar surface area (TPSA) is 53.2 Å². The van der Waals surface area contributed by atoms with Crippen LogP contribution in [0.2, 0.25) is 0 Å². The molecule has 1 aromatic heterocycles. The second kappa shape index (κ2) is 4.45. The Morgan fingerprint density at radius 3 is 3.20 bits per heavy atom. The molecule has 0 radical (unpaired) electrons. The fourth-order valence-electron chi connectivity index (χ4n) is 1.15. The Kier molecular flexibility index (Phi) is 2.82. The Morgan fingerprint density at radius 2 is 2.47 bits per heavy atom. The van der Waals surface area contributed by atoms with Crippen molar-refractivity contribution in [2.45, 2.75) is 6.92 Å². The maximum Gasteiger partial charge on any atom is 0.134 e. The summed E-state index contributed by atoms with van der Waals surface area (Å²) in [5.74, 6) is 0. The molecule has 0 spiro atoms. The highest BCUT2D eigenvalue weighted by Gasteiger charge is 2.03. The highest BCUT2D eigenvalue weighted by molar-refractivity contribution is 5.88. The van der Waals surface area contributed by atoms with Gasteiger partial charge in [0.05, 0.1) is 18.5 Å². The first-order valence-electron chi connectivity index (χ1n) is 4.62. The zero-order valence-electron chi connectivity index (χ0n) is 8.41. The van der Waals surface area contributed by atoms with E-state index in [0.717, 1.165) is 11.3 Å². The average molecular weight is 201 g/mol. The molecule has 5 heteroatoms. The third kappa shape index (κ3) is 2.70. The van der Waals surface area contributed by atoms with E-state index < -0.39 is 0 Å². The SMILES string of the molecule is CC1=NN=CN(N=Cc2cccnc2)C1. The molecule has 2 heterocycles. The highest BCUT2D eigenvalue weighted by atomic mass is 15.5. The van der Waals surface area contributed by atoms with Gasteiger partial charge in [0.25, 0.3) is 0 Å². The Balaban J connectivity index is 2.01. The number of nitrogens with zero attached hydrogens (tertiary/aromatic N) is 5. The predicted molar refractivity (Wildman–Crippen MR) is 60.1 cm³/mol. The van der Waals surface area contributed by atoms with Crippen LogP contribution >= 0.6 is 0 Å². The summed E-state index contributed by atoms with van der Waals surface area (Å²) < 4.78 is 0. The first-order chi connectivity index (χ1) is 7.34. The fourth-order valence-corrected chi connectivity index (χ4v) is 1.15. The lowest BCUT2D eigenvalue weighted by atomic mass is 10.3. The maximum absolute atomic E-state index is 4.24. The van der Waals surface area contributed by atoms with Gasteiger partial charge < -0.3 is 0 Å². The summed E-state index contributed by atoms with van der Waals surface area (Å²) in [6, 6.07) is 3.82. The van der Waals surface area contributed by atoms with E-state index in [9.17, 15) is 0 Å². The third-order valence-corrected chi connectivity index (χ3v) is 1.84. The smallest absolute Gasteiger partial charge is 0.134 e. The molecule has 0 N–H and O–H groups in total. The van der Waals surface area contributed by atoms with Crippen LogP contribution in [0.25, 0.3) is 0 Å². The summed E-state index contributed by atoms with van der Waals surface area (Å²) in [5, 5.41) is 13.7. The van der Waals surface area contributed by atoms with Crippen LogP contribution in [0.5, 0.6) is 0 Å². The highest BCUT2D eigenvalue weighted by Crippen LogP contribution is 1.97. The molecular weight excluding hydrogens is 190 g/mol. The molecule has 1 aliphatic heterocycles. The van der Waals surface area contributed by atoms with Crippen LogP contribution in [0.1, 0.15) is 12.5 Å². The van der Waals surface area contributed by atoms with Crippen LogP contribution < -0.4 is 0 Å². The monoisotopic (exact) mass is 201 g/mol. The van der Waals surface area contributed by atoms with Crippen molar-refractivity contribution in [3.63, 3.8) is 0 Å². The Morgan fingerprint density at radius 1 is 1.53 bits per heavy atom. The minimum atomic E-state index is 0.681. The standard InChI is InChI=1S/C10H11N5/c1-9-7-15(8-12-14-9)13-6-10-3-2-4-11-5-10/h2-6,8H,7H2,1H3. The third-order valence-electron chi connectivity index (χ3n) is 1.84. The molecule has 76 valence electrons. The van der Waals surface area contributed by atoms with E-state index in [1.807, 2.05) is 19.1 Å². The van der Waals surface area contributed by atoms with Crippen molar-refractivity contribution in [1.82, 2.24) is 9.99 Å². The molecule has 0 aromatic carbocycles. The average Bonchev–Trinajstić information content (AvgIpc) is 2.28. The molecule has 0 amide bonds. The van der Waals surface area contributed by atoms with E-state index >= 15 is 0 Å². The van der Waals surface area contributed by atoms with Gasteiger partial charge >= 0.3 is 0 Å². The van der Waals surface area contributed by atoms with Crippen LogP contribution in [0, 0.1) is 0 Å². The minimum Gasteiger partial charge on any atom is -0.264 e. The molecule has 0 bridgehead atoms. The van der Waals surface area contributed by atoms with Crippen molar-refractivity contribution in [2.24, 2.45) is 15.3 Å². The van der Waals surface area contributed by atoms with Crippen molar-refractivity contribution in [3.05, 3.63) is 30.1 Å². The van der Waals surface area contributed by atoms with Crippen molar-refractivity contribution < 1.29 is 0 Å². The van der Waals surface area contributed by atoms with Gasteiger partial charge in [0.15, 0.2) is 0 Å². The first-order valence-corrected chi connectivity index (χ1v) is 4.62. The lowest BCUT2D eigenvalue weighted by Crippen LogP contribution is -2.25. The lowest BCUT2D eigenvalue weighted by Gasteiger charge is -2.14. The van der Waals surface area contributed by atoms with E-state index in [4.69, 9.17) is 0 Å². The predicted octanol–water partition coefficient (Wildman–Crippen LogP) is 1.14. The van der Waals surface area contributed by atoms with Gasteiger partial charge in [-0.3, -0.25) is 4.98 Å². The van der Waals surface area contributed by atoms with Crippen LogP contribution in [0.15, 0.2) is 39.8 Å². The summed E-state index contributed by atoms with van der Waals surface area (Å²) in [6.45, 7) is 2.60. The van der Waals surface area contributed by atoms with Crippen molar-refractivity contribution in [1.29, 1.82) is 0 Å². The Labute approximate surface area is 87.9 Å². The molecule has 0 atom stereocenters. The molecule has 1 aliphatic rings. The van der Waals surface area contributed by atoms with Gasteiger partial charge in [-0.25, -0.2) is 5.01 Å². The summed E-state index contributed by atoms with van der Waals surface area (Å²) in [4.78, 5) is 4.00. The molecule has 1 aromatic rings. The van der Waals surface area contributed by atoms with Gasteiger partial charge in [-0.1, -0.05) is 6.07 Å². The molecular formula is C10H11N5. The van der Waals surface area contributed by atoms with Gasteiger partial charge in [0, 0.05) is 18.0 Å². The van der Waals surface area contributed by atoms with E-state index in [2.05, 4.69) is 20.3 Å². The molecule has 2 rings (SSSR count). The summed E-state index contributed by atoms with van der Waals surface area (Å²) in [5.41, 5.74) is 1.91. The van der Waals surface area contributed by atoms with Gasteiger partial charge in [-0.2, -0.15) is 10.2 Å². The number of hydrogen-bond donors (Lipinski definition) is 0. The number of pyridine rings is 1. The molecule has 0 aliphatic carbocycles. The molecule has 15 heavy (non-hydrogen) atoms. The van der Waals surface area contributed by atoms with Crippen molar-refractivity contribution >= 4 is 18.3 Å². The Hall–Kier alpha value is -2.04. The summed E-state index contributed by atoms with van der Waals surface area (Å²) in [7, 11) is 0. The number of aromatic nitrogens is 1. The molecule has 0 saturated heterocycles. The van der Waals surface area contributed by atoms with Crippen LogP contribution in [0.3, 0.4) is 0 Å². The van der Waals surface area contributed by atoms with Crippen molar-refractivity contribution in [3.8, 4) is 0 Å². The van der Waals surface area contributed by atoms with Crippen LogP contribution in [0.4, 0.5) is 0 Å². The normalized spacial score (nSPS) is 15.8. The van der Waals surface area contributed by atoms with Crippen LogP contribution in [-0.2, 0) is 0 Å². The fraction of sp³-hybridized carbons (Fsp3) is 0.200. The van der Waals surface area contributed by atoms with E-state index in [-0.39, 0.29) is 0 Å². The molecule has 5 nitrogen and oxygen atoms in total. The number of hydrazone groups is 1. The largest absolute Gasteiger partial charge is 0.264 e. The molecule has 0 saturated carbocycles. The van der Waals surface area contributed by atoms with Gasteiger partial charge in [0.2, 0.25) is 0 Å². The second-order valence-corrected chi connectivity index (χ2v) is 3.19. The number of hydrogen-bond acceptors (Lipinski definition) is 5. The van der Waals surface area contributed by atoms with Crippen molar-refractivity contribution in [2.75, 3.05) is 6.54 Å². The first kappa shape index (κ1) is 9.51. The van der Waals surface area contributed by atoms with E-state index in [1.54, 1.807) is 30.0 Å². The zero-order chi connectivity index (χ0) is 10.5. The maximum atomic E-state index is 4.24. The summed E-state index contributed by atoms with van der Waals surface area (Å²) >= 11 is 0. The van der Waals surface area contributed by atoms with E-state index in [1.165, 1.54) is 0 Å². The van der Waals surface area contributed by atoms with Crippen LogP contribution in [-0.4, -0.2) is 34.8 Å². The van der Waals surface area contributed by atoms with Gasteiger partial charge in [0.1, 0.15) is 6.34 Å². The second-order valence-electron chi connectivity index (χ2n) is 3.19. The minimum absolute atomic E-state index is 0.681. The van der Waals surface area contributed by atoms with Gasteiger partial charge in [-0.15, -0.1) is 5.10 Å². The van der Waals surface area contributed by atoms with Gasteiger partial charge in [-0.05, 0) is 13.0 Å². The molecule has 0 unspecified atom stereocenters. The molecule has 0 fully saturated rings. The quantitative estimate of drug-likeness (QED) is 0.673. The number of rotatable bonds is 2. The zero-order valence-corrected chi connectivity index (χ0v) is 8.41.